The zero-order valence-corrected chi connectivity index (χ0v) is 14.0. The molecular weight excluding hydrogens is 310 g/mol. The van der Waals surface area contributed by atoms with Crippen LogP contribution in [-0.2, 0) is 9.53 Å². The van der Waals surface area contributed by atoms with Crippen LogP contribution in [0.2, 0.25) is 0 Å². The molecule has 0 bridgehead atoms. The van der Waals surface area contributed by atoms with Gasteiger partial charge in [-0.1, -0.05) is 0 Å². The predicted molar refractivity (Wildman–Crippen MR) is 90.2 cm³/mol. The Hall–Kier alpha value is -2.41. The smallest absolute Gasteiger partial charge is 0.271 e. The van der Waals surface area contributed by atoms with Crippen LogP contribution >= 0.6 is 0 Å². The fraction of sp³-hybridized carbons (Fsp3) is 0.471. The molecule has 0 aliphatic carbocycles. The number of nitrogens with one attached hydrogen (secondary N) is 2. The monoisotopic (exact) mass is 333 g/mol. The third-order valence-corrected chi connectivity index (χ3v) is 3.67. The summed E-state index contributed by atoms with van der Waals surface area (Å²) in [5.41, 5.74) is 3.44. The van der Waals surface area contributed by atoms with E-state index in [0.29, 0.717) is 23.6 Å². The van der Waals surface area contributed by atoms with Gasteiger partial charge in [-0.2, -0.15) is 5.10 Å². The molecule has 0 saturated carbocycles. The summed E-state index contributed by atoms with van der Waals surface area (Å²) in [5.74, 6) is 0.205. The summed E-state index contributed by atoms with van der Waals surface area (Å²) in [4.78, 5) is 23.8. The molecule has 1 atom stereocenters. The summed E-state index contributed by atoms with van der Waals surface area (Å²) in [6.45, 7) is 2.97. The normalized spacial score (nSPS) is 17.4. The fourth-order valence-corrected chi connectivity index (χ4v) is 2.32. The van der Waals surface area contributed by atoms with Gasteiger partial charge in [-0.15, -0.1) is 0 Å². The van der Waals surface area contributed by atoms with Crippen LogP contribution in [0, 0.1) is 0 Å². The van der Waals surface area contributed by atoms with Gasteiger partial charge in [0.15, 0.2) is 0 Å². The molecule has 130 valence electrons. The number of carbonyl (C=O) groups excluding carboxylic acids is 2. The minimum atomic E-state index is -0.336. The van der Waals surface area contributed by atoms with E-state index in [0.717, 1.165) is 19.4 Å². The molecule has 7 heteroatoms. The highest BCUT2D eigenvalue weighted by atomic mass is 16.5. The van der Waals surface area contributed by atoms with E-state index in [4.69, 9.17) is 9.47 Å². The topological polar surface area (TPSA) is 89.0 Å². The molecule has 1 aromatic rings. The maximum absolute atomic E-state index is 12.0. The summed E-state index contributed by atoms with van der Waals surface area (Å²) < 4.78 is 10.5. The number of amides is 2. The highest BCUT2D eigenvalue weighted by molar-refractivity contribution is 6.01. The summed E-state index contributed by atoms with van der Waals surface area (Å²) in [7, 11) is 1.56. The lowest BCUT2D eigenvalue weighted by Gasteiger charge is -2.10. The highest BCUT2D eigenvalue weighted by Gasteiger charge is 2.16. The van der Waals surface area contributed by atoms with Crippen LogP contribution in [0.1, 0.15) is 36.5 Å². The third kappa shape index (κ3) is 5.66. The van der Waals surface area contributed by atoms with Crippen LogP contribution in [0.25, 0.3) is 0 Å². The molecule has 1 aliphatic heterocycles. The number of ether oxygens (including phenoxy) is 2. The van der Waals surface area contributed by atoms with Gasteiger partial charge in [0.1, 0.15) is 5.75 Å². The molecule has 2 rings (SSSR count). The molecule has 1 aromatic carbocycles. The van der Waals surface area contributed by atoms with Gasteiger partial charge in [0, 0.05) is 24.4 Å². The first-order valence-electron chi connectivity index (χ1n) is 7.94. The maximum atomic E-state index is 12.0. The summed E-state index contributed by atoms with van der Waals surface area (Å²) in [6.07, 6.45) is 2.26. The quantitative estimate of drug-likeness (QED) is 0.584. The Morgan fingerprint density at radius 1 is 1.33 bits per heavy atom. The lowest BCUT2D eigenvalue weighted by Crippen LogP contribution is -2.33. The van der Waals surface area contributed by atoms with Crippen molar-refractivity contribution in [2.45, 2.75) is 32.3 Å². The average Bonchev–Trinajstić information content (AvgIpc) is 3.11. The Balaban J connectivity index is 1.75. The lowest BCUT2D eigenvalue weighted by molar-refractivity contribution is -0.120. The van der Waals surface area contributed by atoms with Crippen molar-refractivity contribution in [2.24, 2.45) is 5.10 Å². The third-order valence-electron chi connectivity index (χ3n) is 3.67. The molecule has 1 heterocycles. The molecule has 1 aliphatic rings. The second kappa shape index (κ2) is 9.02. The van der Waals surface area contributed by atoms with Crippen molar-refractivity contribution in [2.75, 3.05) is 20.3 Å². The number of hydrazone groups is 1. The van der Waals surface area contributed by atoms with Gasteiger partial charge >= 0.3 is 0 Å². The van der Waals surface area contributed by atoms with Gasteiger partial charge in [0.25, 0.3) is 5.91 Å². The van der Waals surface area contributed by atoms with Crippen LogP contribution in [-0.4, -0.2) is 43.9 Å². The minimum Gasteiger partial charge on any atom is -0.497 e. The second-order valence-electron chi connectivity index (χ2n) is 5.63. The first kappa shape index (κ1) is 17.9. The van der Waals surface area contributed by atoms with Gasteiger partial charge in [-0.05, 0) is 44.0 Å². The van der Waals surface area contributed by atoms with E-state index in [9.17, 15) is 9.59 Å². The Morgan fingerprint density at radius 2 is 2.08 bits per heavy atom. The minimum absolute atomic E-state index is 0.112. The van der Waals surface area contributed by atoms with Crippen molar-refractivity contribution in [1.82, 2.24) is 10.7 Å². The number of methoxy groups -OCH3 is 1. The van der Waals surface area contributed by atoms with E-state index in [1.165, 1.54) is 0 Å². The molecule has 1 unspecified atom stereocenters. The van der Waals surface area contributed by atoms with E-state index in [-0.39, 0.29) is 24.3 Å². The first-order valence-corrected chi connectivity index (χ1v) is 7.94. The summed E-state index contributed by atoms with van der Waals surface area (Å²) in [6, 6.07) is 6.69. The number of rotatable bonds is 7. The van der Waals surface area contributed by atoms with Crippen molar-refractivity contribution in [3.63, 3.8) is 0 Å². The molecule has 2 amide bonds. The highest BCUT2D eigenvalue weighted by Crippen LogP contribution is 2.11. The van der Waals surface area contributed by atoms with E-state index >= 15 is 0 Å². The average molecular weight is 333 g/mol. The number of hydrogen-bond acceptors (Lipinski definition) is 5. The molecular formula is C17H23N3O4. The molecule has 0 radical (unpaired) electrons. The van der Waals surface area contributed by atoms with Crippen molar-refractivity contribution < 1.29 is 19.1 Å². The second-order valence-corrected chi connectivity index (χ2v) is 5.63. The van der Waals surface area contributed by atoms with Crippen LogP contribution < -0.4 is 15.5 Å². The van der Waals surface area contributed by atoms with E-state index in [1.54, 1.807) is 38.3 Å². The van der Waals surface area contributed by atoms with Gasteiger partial charge < -0.3 is 14.8 Å². The van der Waals surface area contributed by atoms with Crippen LogP contribution in [0.3, 0.4) is 0 Å². The lowest BCUT2D eigenvalue weighted by atomic mass is 10.2. The zero-order chi connectivity index (χ0) is 17.4. The van der Waals surface area contributed by atoms with Crippen molar-refractivity contribution in [3.05, 3.63) is 29.8 Å². The number of benzene rings is 1. The standard InChI is InChI=1S/C17H23N3O4/c1-12(10-16(21)18-11-15-4-3-9-24-15)19-20-17(22)13-5-7-14(23-2)8-6-13/h5-8,15H,3-4,9-11H2,1-2H3,(H,18,21)(H,20,22). The number of hydrogen-bond donors (Lipinski definition) is 2. The largest absolute Gasteiger partial charge is 0.497 e. The SMILES string of the molecule is COc1ccc(C(=O)NN=C(C)CC(=O)NCC2CCCO2)cc1. The number of carbonyl (C=O) groups is 2. The molecule has 0 aromatic heterocycles. The predicted octanol–water partition coefficient (Wildman–Crippen LogP) is 1.49. The summed E-state index contributed by atoms with van der Waals surface area (Å²) in [5, 5.41) is 6.77. The Morgan fingerprint density at radius 3 is 2.71 bits per heavy atom. The molecule has 0 spiro atoms. The molecule has 1 saturated heterocycles. The van der Waals surface area contributed by atoms with Crippen molar-refractivity contribution in [3.8, 4) is 5.75 Å². The zero-order valence-electron chi connectivity index (χ0n) is 14.0. The maximum Gasteiger partial charge on any atom is 0.271 e. The van der Waals surface area contributed by atoms with E-state index in [2.05, 4.69) is 15.8 Å². The van der Waals surface area contributed by atoms with Crippen LogP contribution in [0.15, 0.2) is 29.4 Å². The molecule has 1 fully saturated rings. The molecule has 24 heavy (non-hydrogen) atoms. The Labute approximate surface area is 141 Å². The Bertz CT molecular complexity index is 592. The first-order chi connectivity index (χ1) is 11.6. The van der Waals surface area contributed by atoms with Crippen LogP contribution in [0.5, 0.6) is 5.75 Å². The Kier molecular flexibility index (Phi) is 6.74. The van der Waals surface area contributed by atoms with E-state index in [1.807, 2.05) is 0 Å². The van der Waals surface area contributed by atoms with Gasteiger partial charge in [-0.3, -0.25) is 9.59 Å². The van der Waals surface area contributed by atoms with Crippen molar-refractivity contribution >= 4 is 17.5 Å². The number of nitrogens with zero attached hydrogens (tertiary/aromatic N) is 1. The fourth-order valence-electron chi connectivity index (χ4n) is 2.32. The van der Waals surface area contributed by atoms with Gasteiger partial charge in [0.2, 0.25) is 5.91 Å². The van der Waals surface area contributed by atoms with Gasteiger partial charge in [0.05, 0.1) is 19.6 Å². The molecule has 7 nitrogen and oxygen atoms in total. The molecule has 2 N–H and O–H groups in total. The summed E-state index contributed by atoms with van der Waals surface area (Å²) >= 11 is 0. The van der Waals surface area contributed by atoms with Crippen molar-refractivity contribution in [1.29, 1.82) is 0 Å². The van der Waals surface area contributed by atoms with Gasteiger partial charge in [-0.25, -0.2) is 5.43 Å². The van der Waals surface area contributed by atoms with E-state index < -0.39 is 0 Å². The van der Waals surface area contributed by atoms with Crippen LogP contribution in [0.4, 0.5) is 0 Å².